The van der Waals surface area contributed by atoms with Crippen molar-refractivity contribution in [3.63, 3.8) is 0 Å². The summed E-state index contributed by atoms with van der Waals surface area (Å²) in [6.45, 7) is 1.08. The topological polar surface area (TPSA) is 91.3 Å². The summed E-state index contributed by atoms with van der Waals surface area (Å²) in [4.78, 5) is 30.9. The molecule has 0 aromatic carbocycles. The van der Waals surface area contributed by atoms with Gasteiger partial charge in [0, 0.05) is 25.2 Å². The van der Waals surface area contributed by atoms with Gasteiger partial charge >= 0.3 is 0 Å². The fourth-order valence-corrected chi connectivity index (χ4v) is 7.80. The number of aliphatic hydroxyl groups excluding tert-OH is 1. The molecular weight excluding hydrogens is 410 g/mol. The minimum atomic E-state index is -0.460. The van der Waals surface area contributed by atoms with Crippen LogP contribution in [-0.4, -0.2) is 96.5 Å². The van der Waals surface area contributed by atoms with Crippen molar-refractivity contribution in [2.75, 3.05) is 27.2 Å². The van der Waals surface area contributed by atoms with E-state index in [1.807, 2.05) is 19.0 Å². The van der Waals surface area contributed by atoms with Gasteiger partial charge < -0.3 is 24.8 Å². The zero-order valence-corrected chi connectivity index (χ0v) is 19.2. The van der Waals surface area contributed by atoms with Gasteiger partial charge in [0.25, 0.3) is 0 Å². The number of hydrogen-bond acceptors (Lipinski definition) is 7. The third kappa shape index (κ3) is 3.21. The van der Waals surface area contributed by atoms with Crippen LogP contribution in [0.3, 0.4) is 0 Å². The molecule has 0 aromatic rings. The third-order valence-electron chi connectivity index (χ3n) is 9.20. The Bertz CT molecular complexity index is 777. The Labute approximate surface area is 190 Å². The van der Waals surface area contributed by atoms with E-state index in [-0.39, 0.29) is 72.2 Å². The standard InChI is InChI=1S/C24H37N3O5/c1-26(2)9-10-27-23(29)18-17-13-11-12(28)7-8-14(13)25-20(17)22-21(19(18)24(27)30)31-15-5-3-4-6-16(15)32-22/h12-22,25,28H,3-11H2,1-2H3. The molecule has 3 aliphatic carbocycles. The summed E-state index contributed by atoms with van der Waals surface area (Å²) in [7, 11) is 3.92. The molecule has 2 amide bonds. The average molecular weight is 448 g/mol. The SMILES string of the molecule is CN(C)CCN1C(=O)C2C3OC4CCCCC4OC3C3NC4CCC(O)CC4C3C2C1=O. The highest BCUT2D eigenvalue weighted by atomic mass is 16.6. The second-order valence-electron chi connectivity index (χ2n) is 11.3. The lowest BCUT2D eigenvalue weighted by molar-refractivity contribution is -0.265. The summed E-state index contributed by atoms with van der Waals surface area (Å²) >= 11 is 0. The Balaban J connectivity index is 1.36. The normalized spacial score (nSPS) is 50.0. The molecule has 178 valence electrons. The van der Waals surface area contributed by atoms with Crippen LogP contribution < -0.4 is 5.32 Å². The van der Waals surface area contributed by atoms with Crippen LogP contribution in [0.1, 0.15) is 44.9 Å². The zero-order valence-electron chi connectivity index (χ0n) is 19.2. The van der Waals surface area contributed by atoms with Crippen molar-refractivity contribution in [2.24, 2.45) is 23.7 Å². The molecule has 0 bridgehead atoms. The van der Waals surface area contributed by atoms with Gasteiger partial charge in [-0.15, -0.1) is 0 Å². The van der Waals surface area contributed by atoms with Crippen molar-refractivity contribution in [3.8, 4) is 0 Å². The Hall–Kier alpha value is -1.06. The number of likely N-dealkylation sites (N-methyl/N-ethyl adjacent to an activating group) is 1. The van der Waals surface area contributed by atoms with Crippen molar-refractivity contribution in [2.45, 2.75) is 87.5 Å². The predicted octanol–water partition coefficient (Wildman–Crippen LogP) is 0.376. The number of likely N-dealkylation sites (tertiary alicyclic amines) is 1. The maximum absolute atomic E-state index is 13.7. The summed E-state index contributed by atoms with van der Waals surface area (Å²) in [6, 6.07) is 0.286. The van der Waals surface area contributed by atoms with Gasteiger partial charge in [0.05, 0.1) is 36.3 Å². The van der Waals surface area contributed by atoms with Crippen molar-refractivity contribution < 1.29 is 24.2 Å². The number of carbonyl (C=O) groups is 2. The van der Waals surface area contributed by atoms with E-state index in [4.69, 9.17) is 9.47 Å². The van der Waals surface area contributed by atoms with Crippen LogP contribution in [0.2, 0.25) is 0 Å². The van der Waals surface area contributed by atoms with Crippen molar-refractivity contribution in [1.82, 2.24) is 15.1 Å². The van der Waals surface area contributed by atoms with E-state index in [0.717, 1.165) is 38.5 Å². The lowest BCUT2D eigenvalue weighted by Gasteiger charge is -2.52. The number of carbonyl (C=O) groups excluding carboxylic acids is 2. The molecule has 3 aliphatic heterocycles. The van der Waals surface area contributed by atoms with Gasteiger partial charge in [-0.2, -0.15) is 0 Å². The second-order valence-corrected chi connectivity index (χ2v) is 11.3. The number of nitrogens with one attached hydrogen (secondary N) is 1. The molecule has 0 radical (unpaired) electrons. The molecule has 3 saturated heterocycles. The highest BCUT2D eigenvalue weighted by Gasteiger charge is 2.68. The van der Waals surface area contributed by atoms with Crippen LogP contribution in [0.15, 0.2) is 0 Å². The Morgan fingerprint density at radius 1 is 1.00 bits per heavy atom. The van der Waals surface area contributed by atoms with Gasteiger partial charge in [-0.25, -0.2) is 0 Å². The van der Waals surface area contributed by atoms with E-state index >= 15 is 0 Å². The maximum atomic E-state index is 13.7. The first-order chi connectivity index (χ1) is 15.4. The smallest absolute Gasteiger partial charge is 0.235 e. The Kier molecular flexibility index (Phi) is 5.38. The molecule has 8 heteroatoms. The van der Waals surface area contributed by atoms with E-state index in [2.05, 4.69) is 5.32 Å². The summed E-state index contributed by atoms with van der Waals surface area (Å²) in [5.41, 5.74) is 0. The molecule has 6 rings (SSSR count). The monoisotopic (exact) mass is 447 g/mol. The number of nitrogens with zero attached hydrogens (tertiary/aromatic N) is 2. The summed E-state index contributed by atoms with van der Waals surface area (Å²) in [6.07, 6.45) is 5.90. The largest absolute Gasteiger partial charge is 0.393 e. The van der Waals surface area contributed by atoms with E-state index < -0.39 is 5.92 Å². The molecule has 3 saturated carbocycles. The summed E-state index contributed by atoms with van der Waals surface area (Å²) < 4.78 is 13.4. The van der Waals surface area contributed by atoms with E-state index in [1.165, 1.54) is 4.90 Å². The third-order valence-corrected chi connectivity index (χ3v) is 9.20. The van der Waals surface area contributed by atoms with Crippen molar-refractivity contribution >= 4 is 11.8 Å². The highest BCUT2D eigenvalue weighted by Crippen LogP contribution is 2.54. The quantitative estimate of drug-likeness (QED) is 0.604. The molecule has 32 heavy (non-hydrogen) atoms. The molecule has 2 N–H and O–H groups in total. The minimum Gasteiger partial charge on any atom is -0.393 e. The first-order valence-electron chi connectivity index (χ1n) is 12.7. The molecule has 8 nitrogen and oxygen atoms in total. The van der Waals surface area contributed by atoms with Gasteiger partial charge in [-0.3, -0.25) is 14.5 Å². The van der Waals surface area contributed by atoms with Crippen molar-refractivity contribution in [1.29, 1.82) is 0 Å². The number of fused-ring (bicyclic) bond motifs is 9. The lowest BCUT2D eigenvalue weighted by Crippen LogP contribution is -2.66. The van der Waals surface area contributed by atoms with Gasteiger partial charge in [-0.05, 0) is 58.0 Å². The number of aliphatic hydroxyl groups is 1. The first-order valence-corrected chi connectivity index (χ1v) is 12.7. The Morgan fingerprint density at radius 3 is 2.41 bits per heavy atom. The number of hydrogen-bond donors (Lipinski definition) is 2. The molecule has 0 spiro atoms. The van der Waals surface area contributed by atoms with E-state index in [0.29, 0.717) is 19.5 Å². The molecule has 3 heterocycles. The number of rotatable bonds is 3. The molecule has 11 unspecified atom stereocenters. The van der Waals surface area contributed by atoms with Crippen LogP contribution in [0.4, 0.5) is 0 Å². The van der Waals surface area contributed by atoms with Gasteiger partial charge in [0.2, 0.25) is 11.8 Å². The Morgan fingerprint density at radius 2 is 1.69 bits per heavy atom. The first kappa shape index (κ1) is 21.5. The van der Waals surface area contributed by atoms with Crippen LogP contribution in [0.25, 0.3) is 0 Å². The number of ether oxygens (including phenoxy) is 2. The van der Waals surface area contributed by atoms with E-state index in [9.17, 15) is 14.7 Å². The van der Waals surface area contributed by atoms with Gasteiger partial charge in [0.1, 0.15) is 6.10 Å². The summed E-state index contributed by atoms with van der Waals surface area (Å²) in [5.74, 6) is -0.716. The number of imide groups is 1. The number of amides is 2. The predicted molar refractivity (Wildman–Crippen MR) is 116 cm³/mol. The van der Waals surface area contributed by atoms with Crippen molar-refractivity contribution in [3.05, 3.63) is 0 Å². The molecule has 6 fully saturated rings. The maximum Gasteiger partial charge on any atom is 0.235 e. The highest BCUT2D eigenvalue weighted by molar-refractivity contribution is 6.06. The zero-order chi connectivity index (χ0) is 22.1. The molecule has 11 atom stereocenters. The molecule has 6 aliphatic rings. The minimum absolute atomic E-state index is 0.00924. The van der Waals surface area contributed by atoms with Crippen LogP contribution in [0.5, 0.6) is 0 Å². The van der Waals surface area contributed by atoms with Gasteiger partial charge in [-0.1, -0.05) is 12.8 Å². The second kappa shape index (κ2) is 8.01. The lowest BCUT2D eigenvalue weighted by atomic mass is 9.62. The fraction of sp³-hybridized carbons (Fsp3) is 0.917. The molecule has 0 aromatic heterocycles. The van der Waals surface area contributed by atoms with Crippen LogP contribution in [0, 0.1) is 23.7 Å². The van der Waals surface area contributed by atoms with Crippen LogP contribution in [-0.2, 0) is 19.1 Å². The fourth-order valence-electron chi connectivity index (χ4n) is 7.80. The summed E-state index contributed by atoms with van der Waals surface area (Å²) in [5, 5.41) is 14.3. The van der Waals surface area contributed by atoms with Gasteiger partial charge in [0.15, 0.2) is 0 Å². The van der Waals surface area contributed by atoms with Crippen LogP contribution >= 0.6 is 0 Å². The average Bonchev–Trinajstić information content (AvgIpc) is 3.26. The molecular formula is C24H37N3O5. The van der Waals surface area contributed by atoms with E-state index in [1.54, 1.807) is 0 Å².